The number of hydrogen-bond acceptors (Lipinski definition) is 5. The van der Waals surface area contributed by atoms with Crippen LogP contribution in [0.5, 0.6) is 0 Å². The van der Waals surface area contributed by atoms with Gasteiger partial charge in [0.2, 0.25) is 0 Å². The number of hydrogen-bond donors (Lipinski definition) is 2. The van der Waals surface area contributed by atoms with Gasteiger partial charge in [0.15, 0.2) is 5.65 Å². The Hall–Kier alpha value is -2.94. The second kappa shape index (κ2) is 8.25. The van der Waals surface area contributed by atoms with E-state index >= 15 is 0 Å². The Bertz CT molecular complexity index is 892. The van der Waals surface area contributed by atoms with Crippen molar-refractivity contribution in [3.63, 3.8) is 0 Å². The Balaban J connectivity index is 1.77. The number of pyridine rings is 2. The third-order valence-corrected chi connectivity index (χ3v) is 3.77. The molecule has 0 spiro atoms. The van der Waals surface area contributed by atoms with Crippen molar-refractivity contribution >= 4 is 16.7 Å². The van der Waals surface area contributed by atoms with Crippen LogP contribution in [0.4, 0.5) is 5.69 Å². The molecule has 2 aromatic heterocycles. The van der Waals surface area contributed by atoms with E-state index in [1.165, 1.54) is 0 Å². The lowest BCUT2D eigenvalue weighted by molar-refractivity contribution is 0.281. The standard InChI is InChI=1S/C20H19N3O2/c24-14-12-23(13-15-25)19-9-4-16(5-10-19)3-7-18-8-6-17-2-1-11-21-20(17)22-18/h1-2,4-6,8-11,24-25H,12-15H2. The summed E-state index contributed by atoms with van der Waals surface area (Å²) in [6, 6.07) is 15.4. The predicted octanol–water partition coefficient (Wildman–Crippen LogP) is 1.82. The topological polar surface area (TPSA) is 69.5 Å². The van der Waals surface area contributed by atoms with E-state index in [-0.39, 0.29) is 13.2 Å². The van der Waals surface area contributed by atoms with Gasteiger partial charge in [0, 0.05) is 35.9 Å². The highest BCUT2D eigenvalue weighted by molar-refractivity contribution is 5.74. The fraction of sp³-hybridized carbons (Fsp3) is 0.200. The van der Waals surface area contributed by atoms with Crippen LogP contribution in [0.3, 0.4) is 0 Å². The summed E-state index contributed by atoms with van der Waals surface area (Å²) in [6.45, 7) is 1.06. The first-order valence-electron chi connectivity index (χ1n) is 8.10. The predicted molar refractivity (Wildman–Crippen MR) is 98.3 cm³/mol. The van der Waals surface area contributed by atoms with E-state index in [0.29, 0.717) is 24.4 Å². The van der Waals surface area contributed by atoms with Crippen LogP contribution >= 0.6 is 0 Å². The third kappa shape index (κ3) is 4.32. The SMILES string of the molecule is OCCN(CCO)c1ccc(C#Cc2ccc3cccnc3n2)cc1. The van der Waals surface area contributed by atoms with Crippen LogP contribution in [-0.2, 0) is 0 Å². The number of benzene rings is 1. The molecule has 1 aromatic carbocycles. The zero-order valence-electron chi connectivity index (χ0n) is 13.8. The Labute approximate surface area is 146 Å². The molecule has 0 aliphatic heterocycles. The molecule has 25 heavy (non-hydrogen) atoms. The third-order valence-electron chi connectivity index (χ3n) is 3.77. The first-order chi connectivity index (χ1) is 12.3. The second-order valence-corrected chi connectivity index (χ2v) is 5.48. The Morgan fingerprint density at radius 3 is 2.36 bits per heavy atom. The molecule has 3 rings (SSSR count). The van der Waals surface area contributed by atoms with Crippen LogP contribution in [0, 0.1) is 11.8 Å². The maximum Gasteiger partial charge on any atom is 0.160 e. The highest BCUT2D eigenvalue weighted by Gasteiger charge is 2.04. The Morgan fingerprint density at radius 2 is 1.64 bits per heavy atom. The molecule has 0 saturated heterocycles. The summed E-state index contributed by atoms with van der Waals surface area (Å²) < 4.78 is 0. The van der Waals surface area contributed by atoms with Crippen molar-refractivity contribution in [2.75, 3.05) is 31.2 Å². The van der Waals surface area contributed by atoms with Crippen LogP contribution in [0.25, 0.3) is 11.0 Å². The van der Waals surface area contributed by atoms with Crippen molar-refractivity contribution in [1.29, 1.82) is 0 Å². The van der Waals surface area contributed by atoms with Gasteiger partial charge in [-0.2, -0.15) is 0 Å². The largest absolute Gasteiger partial charge is 0.395 e. The number of anilines is 1. The molecule has 0 radical (unpaired) electrons. The number of aromatic nitrogens is 2. The van der Waals surface area contributed by atoms with Gasteiger partial charge >= 0.3 is 0 Å². The molecule has 0 unspecified atom stereocenters. The molecular formula is C20H19N3O2. The number of rotatable bonds is 5. The number of aliphatic hydroxyl groups is 2. The van der Waals surface area contributed by atoms with Crippen molar-refractivity contribution in [1.82, 2.24) is 9.97 Å². The lowest BCUT2D eigenvalue weighted by Gasteiger charge is -2.22. The first-order valence-corrected chi connectivity index (χ1v) is 8.10. The van der Waals surface area contributed by atoms with Crippen molar-refractivity contribution < 1.29 is 10.2 Å². The molecule has 0 bridgehead atoms. The van der Waals surface area contributed by atoms with Crippen LogP contribution in [0.1, 0.15) is 11.3 Å². The van der Waals surface area contributed by atoms with Gasteiger partial charge in [0.05, 0.1) is 13.2 Å². The summed E-state index contributed by atoms with van der Waals surface area (Å²) in [5.41, 5.74) is 3.19. The lowest BCUT2D eigenvalue weighted by Crippen LogP contribution is -2.29. The normalized spacial score (nSPS) is 10.3. The van der Waals surface area contributed by atoms with Crippen LogP contribution in [-0.4, -0.2) is 46.5 Å². The molecule has 0 amide bonds. The Kier molecular flexibility index (Phi) is 5.57. The van der Waals surface area contributed by atoms with Crippen molar-refractivity contribution in [3.05, 3.63) is 66.0 Å². The molecule has 0 fully saturated rings. The highest BCUT2D eigenvalue weighted by Crippen LogP contribution is 2.14. The molecule has 126 valence electrons. The minimum absolute atomic E-state index is 0.0449. The molecule has 0 aliphatic carbocycles. The van der Waals surface area contributed by atoms with E-state index in [1.54, 1.807) is 6.20 Å². The van der Waals surface area contributed by atoms with E-state index in [4.69, 9.17) is 10.2 Å². The van der Waals surface area contributed by atoms with Crippen LogP contribution in [0.2, 0.25) is 0 Å². The zero-order valence-corrected chi connectivity index (χ0v) is 13.8. The van der Waals surface area contributed by atoms with E-state index < -0.39 is 0 Å². The van der Waals surface area contributed by atoms with Crippen LogP contribution in [0.15, 0.2) is 54.7 Å². The summed E-state index contributed by atoms with van der Waals surface area (Å²) in [5.74, 6) is 6.16. The van der Waals surface area contributed by atoms with Gasteiger partial charge in [0.25, 0.3) is 0 Å². The molecule has 0 atom stereocenters. The van der Waals surface area contributed by atoms with Crippen LogP contribution < -0.4 is 4.90 Å². The summed E-state index contributed by atoms with van der Waals surface area (Å²) in [4.78, 5) is 10.6. The van der Waals surface area contributed by atoms with E-state index in [9.17, 15) is 0 Å². The minimum atomic E-state index is 0.0449. The van der Waals surface area contributed by atoms with Crippen molar-refractivity contribution in [2.45, 2.75) is 0 Å². The average molecular weight is 333 g/mol. The summed E-state index contributed by atoms with van der Waals surface area (Å²) in [5, 5.41) is 19.2. The number of aliphatic hydroxyl groups excluding tert-OH is 2. The molecule has 0 aliphatic rings. The van der Waals surface area contributed by atoms with E-state index in [0.717, 1.165) is 16.6 Å². The molecule has 0 saturated carbocycles. The number of nitrogens with zero attached hydrogens (tertiary/aromatic N) is 3. The van der Waals surface area contributed by atoms with Gasteiger partial charge in [-0.05, 0) is 54.5 Å². The molecule has 5 nitrogen and oxygen atoms in total. The monoisotopic (exact) mass is 333 g/mol. The maximum atomic E-state index is 9.11. The quantitative estimate of drug-likeness (QED) is 0.697. The summed E-state index contributed by atoms with van der Waals surface area (Å²) in [6.07, 6.45) is 1.72. The van der Waals surface area contributed by atoms with Crippen molar-refractivity contribution in [2.24, 2.45) is 0 Å². The first kappa shape index (κ1) is 16.9. The van der Waals surface area contributed by atoms with Gasteiger partial charge in [-0.25, -0.2) is 9.97 Å². The molecule has 5 heteroatoms. The molecule has 2 N–H and O–H groups in total. The second-order valence-electron chi connectivity index (χ2n) is 5.48. The number of fused-ring (bicyclic) bond motifs is 1. The Morgan fingerprint density at radius 1 is 0.880 bits per heavy atom. The summed E-state index contributed by atoms with van der Waals surface area (Å²) in [7, 11) is 0. The molecule has 3 aromatic rings. The lowest BCUT2D eigenvalue weighted by atomic mass is 10.2. The molecular weight excluding hydrogens is 314 g/mol. The van der Waals surface area contributed by atoms with Gasteiger partial charge in [0.1, 0.15) is 5.69 Å². The van der Waals surface area contributed by atoms with Crippen molar-refractivity contribution in [3.8, 4) is 11.8 Å². The van der Waals surface area contributed by atoms with E-state index in [2.05, 4.69) is 21.8 Å². The minimum Gasteiger partial charge on any atom is -0.395 e. The van der Waals surface area contributed by atoms with E-state index in [1.807, 2.05) is 53.4 Å². The van der Waals surface area contributed by atoms with Gasteiger partial charge < -0.3 is 15.1 Å². The average Bonchev–Trinajstić information content (AvgIpc) is 2.66. The van der Waals surface area contributed by atoms with Gasteiger partial charge in [-0.1, -0.05) is 5.92 Å². The maximum absolute atomic E-state index is 9.11. The smallest absolute Gasteiger partial charge is 0.160 e. The fourth-order valence-electron chi connectivity index (χ4n) is 2.53. The zero-order chi connectivity index (χ0) is 17.5. The fourth-order valence-corrected chi connectivity index (χ4v) is 2.53. The summed E-state index contributed by atoms with van der Waals surface area (Å²) >= 11 is 0. The highest BCUT2D eigenvalue weighted by atomic mass is 16.3. The van der Waals surface area contributed by atoms with Gasteiger partial charge in [-0.3, -0.25) is 0 Å². The molecule has 2 heterocycles. The van der Waals surface area contributed by atoms with Gasteiger partial charge in [-0.15, -0.1) is 0 Å².